The summed E-state index contributed by atoms with van der Waals surface area (Å²) in [7, 11) is -3.11. The molecule has 6 heteroatoms. The Kier molecular flexibility index (Phi) is 4.41. The summed E-state index contributed by atoms with van der Waals surface area (Å²) in [6.07, 6.45) is 6.65. The van der Waals surface area contributed by atoms with Gasteiger partial charge >= 0.3 is 0 Å². The standard InChI is InChI=1S/C15H24N2O2S2/c1-21(18,19)17-10-3-2-7-15(17)8-5-9-16(13-15)12-14-6-4-11-20-14/h4,6,11H,2-3,5,7-10,12-13H2,1H3/t15-/m0/s1. The first-order valence-corrected chi connectivity index (χ1v) is 10.5. The molecule has 3 heterocycles. The molecule has 1 atom stereocenters. The summed E-state index contributed by atoms with van der Waals surface area (Å²) in [5.74, 6) is 0. The first kappa shape index (κ1) is 15.5. The Morgan fingerprint density at radius 3 is 2.76 bits per heavy atom. The van der Waals surface area contributed by atoms with Crippen LogP contribution in [-0.4, -0.2) is 49.1 Å². The van der Waals surface area contributed by atoms with Crippen molar-refractivity contribution in [1.29, 1.82) is 0 Å². The third-order valence-electron chi connectivity index (χ3n) is 4.78. The molecule has 2 saturated heterocycles. The lowest BCUT2D eigenvalue weighted by Crippen LogP contribution is -2.61. The highest BCUT2D eigenvalue weighted by Gasteiger charge is 2.45. The van der Waals surface area contributed by atoms with Crippen molar-refractivity contribution >= 4 is 21.4 Å². The molecular formula is C15H24N2O2S2. The van der Waals surface area contributed by atoms with Crippen LogP contribution in [-0.2, 0) is 16.6 Å². The first-order chi connectivity index (χ1) is 10.00. The lowest BCUT2D eigenvalue weighted by molar-refractivity contribution is 0.0341. The average Bonchev–Trinajstić information content (AvgIpc) is 2.91. The molecule has 1 aromatic heterocycles. The van der Waals surface area contributed by atoms with E-state index >= 15 is 0 Å². The molecule has 0 unspecified atom stereocenters. The van der Waals surface area contributed by atoms with E-state index in [9.17, 15) is 8.42 Å². The molecule has 0 N–H and O–H groups in total. The summed E-state index contributed by atoms with van der Waals surface area (Å²) in [5, 5.41) is 2.11. The Hall–Kier alpha value is -0.430. The number of rotatable bonds is 3. The Balaban J connectivity index is 1.79. The smallest absolute Gasteiger partial charge is 0.211 e. The fourth-order valence-corrected chi connectivity index (χ4v) is 6.11. The van der Waals surface area contributed by atoms with Crippen LogP contribution in [0.25, 0.3) is 0 Å². The molecule has 2 aliphatic rings. The Morgan fingerprint density at radius 1 is 1.24 bits per heavy atom. The van der Waals surface area contributed by atoms with Crippen molar-refractivity contribution < 1.29 is 8.42 Å². The van der Waals surface area contributed by atoms with Crippen molar-refractivity contribution in [3.8, 4) is 0 Å². The van der Waals surface area contributed by atoms with Gasteiger partial charge in [0, 0.05) is 30.1 Å². The minimum atomic E-state index is -3.11. The number of nitrogens with zero attached hydrogens (tertiary/aromatic N) is 2. The maximum Gasteiger partial charge on any atom is 0.211 e. The largest absolute Gasteiger partial charge is 0.296 e. The van der Waals surface area contributed by atoms with E-state index in [1.54, 1.807) is 11.3 Å². The van der Waals surface area contributed by atoms with Crippen LogP contribution in [0.1, 0.15) is 37.0 Å². The first-order valence-electron chi connectivity index (χ1n) is 7.72. The van der Waals surface area contributed by atoms with E-state index in [0.717, 1.165) is 51.7 Å². The minimum absolute atomic E-state index is 0.151. The van der Waals surface area contributed by atoms with Crippen molar-refractivity contribution in [1.82, 2.24) is 9.21 Å². The van der Waals surface area contributed by atoms with Crippen molar-refractivity contribution in [3.05, 3.63) is 22.4 Å². The third-order valence-corrected chi connectivity index (χ3v) is 7.01. The maximum absolute atomic E-state index is 12.2. The zero-order valence-electron chi connectivity index (χ0n) is 12.6. The van der Waals surface area contributed by atoms with Gasteiger partial charge in [-0.05, 0) is 43.7 Å². The number of piperidine rings is 2. The van der Waals surface area contributed by atoms with Crippen LogP contribution in [0.4, 0.5) is 0 Å². The lowest BCUT2D eigenvalue weighted by atomic mass is 9.81. The fraction of sp³-hybridized carbons (Fsp3) is 0.733. The van der Waals surface area contributed by atoms with Crippen LogP contribution < -0.4 is 0 Å². The molecule has 0 aromatic carbocycles. The number of likely N-dealkylation sites (tertiary alicyclic amines) is 1. The predicted octanol–water partition coefficient (Wildman–Crippen LogP) is 2.53. The molecular weight excluding hydrogens is 304 g/mol. The summed E-state index contributed by atoms with van der Waals surface area (Å²) >= 11 is 1.78. The lowest BCUT2D eigenvalue weighted by Gasteiger charge is -2.51. The third kappa shape index (κ3) is 3.33. The molecule has 0 radical (unpaired) electrons. The van der Waals surface area contributed by atoms with Gasteiger partial charge in [0.15, 0.2) is 0 Å². The topological polar surface area (TPSA) is 40.6 Å². The molecule has 0 bridgehead atoms. The molecule has 1 aromatic rings. The fourth-order valence-electron chi connectivity index (χ4n) is 3.96. The second-order valence-corrected chi connectivity index (χ2v) is 9.35. The van der Waals surface area contributed by atoms with Gasteiger partial charge in [-0.1, -0.05) is 12.5 Å². The molecule has 21 heavy (non-hydrogen) atoms. The predicted molar refractivity (Wildman–Crippen MR) is 87.0 cm³/mol. The van der Waals surface area contributed by atoms with Gasteiger partial charge in [0.1, 0.15) is 0 Å². The van der Waals surface area contributed by atoms with Gasteiger partial charge in [0.05, 0.1) is 6.26 Å². The van der Waals surface area contributed by atoms with Crippen molar-refractivity contribution in [3.63, 3.8) is 0 Å². The molecule has 0 aliphatic carbocycles. The van der Waals surface area contributed by atoms with Gasteiger partial charge in [-0.2, -0.15) is 4.31 Å². The van der Waals surface area contributed by atoms with Crippen LogP contribution >= 0.6 is 11.3 Å². The summed E-state index contributed by atoms with van der Waals surface area (Å²) in [4.78, 5) is 3.81. The summed E-state index contributed by atoms with van der Waals surface area (Å²) in [6, 6.07) is 4.25. The van der Waals surface area contributed by atoms with E-state index in [2.05, 4.69) is 22.4 Å². The van der Waals surface area contributed by atoms with E-state index in [1.807, 2.05) is 4.31 Å². The highest BCUT2D eigenvalue weighted by atomic mass is 32.2. The molecule has 118 valence electrons. The normalized spacial score (nSPS) is 29.0. The van der Waals surface area contributed by atoms with E-state index < -0.39 is 10.0 Å². The van der Waals surface area contributed by atoms with Gasteiger partial charge in [-0.25, -0.2) is 8.42 Å². The second-order valence-electron chi connectivity index (χ2n) is 6.41. The second kappa shape index (κ2) is 5.99. The van der Waals surface area contributed by atoms with Crippen LogP contribution in [0.15, 0.2) is 17.5 Å². The number of thiophene rings is 1. The SMILES string of the molecule is CS(=O)(=O)N1CCCC[C@@]12CCCN(Cc1cccs1)C2. The van der Waals surface area contributed by atoms with Gasteiger partial charge < -0.3 is 0 Å². The van der Waals surface area contributed by atoms with Gasteiger partial charge in [0.25, 0.3) is 0 Å². The summed E-state index contributed by atoms with van der Waals surface area (Å²) in [6.45, 7) is 3.62. The van der Waals surface area contributed by atoms with Crippen LogP contribution in [0, 0.1) is 0 Å². The number of sulfonamides is 1. The minimum Gasteiger partial charge on any atom is -0.296 e. The molecule has 2 aliphatic heterocycles. The molecule has 2 fully saturated rings. The monoisotopic (exact) mass is 328 g/mol. The van der Waals surface area contributed by atoms with Crippen molar-refractivity contribution in [2.75, 3.05) is 25.9 Å². The van der Waals surface area contributed by atoms with Gasteiger partial charge in [-0.15, -0.1) is 11.3 Å². The average molecular weight is 329 g/mol. The highest BCUT2D eigenvalue weighted by molar-refractivity contribution is 7.88. The zero-order valence-corrected chi connectivity index (χ0v) is 14.3. The highest BCUT2D eigenvalue weighted by Crippen LogP contribution is 2.38. The molecule has 0 saturated carbocycles. The van der Waals surface area contributed by atoms with E-state index in [0.29, 0.717) is 6.54 Å². The van der Waals surface area contributed by atoms with Crippen LogP contribution in [0.3, 0.4) is 0 Å². The quantitative estimate of drug-likeness (QED) is 0.856. The molecule has 1 spiro atoms. The number of hydrogen-bond donors (Lipinski definition) is 0. The van der Waals surface area contributed by atoms with E-state index in [4.69, 9.17) is 0 Å². The van der Waals surface area contributed by atoms with Crippen molar-refractivity contribution in [2.45, 2.75) is 44.2 Å². The molecule has 0 amide bonds. The van der Waals surface area contributed by atoms with E-state index in [1.165, 1.54) is 11.1 Å². The Bertz CT molecular complexity index is 567. The van der Waals surface area contributed by atoms with Gasteiger partial charge in [-0.3, -0.25) is 4.90 Å². The van der Waals surface area contributed by atoms with Crippen LogP contribution in [0.2, 0.25) is 0 Å². The maximum atomic E-state index is 12.2. The van der Waals surface area contributed by atoms with Gasteiger partial charge in [0.2, 0.25) is 10.0 Å². The van der Waals surface area contributed by atoms with Crippen molar-refractivity contribution in [2.24, 2.45) is 0 Å². The number of hydrogen-bond acceptors (Lipinski definition) is 4. The Morgan fingerprint density at radius 2 is 2.05 bits per heavy atom. The molecule has 3 rings (SSSR count). The summed E-state index contributed by atoms with van der Waals surface area (Å²) < 4.78 is 26.2. The molecule has 4 nitrogen and oxygen atoms in total. The summed E-state index contributed by atoms with van der Waals surface area (Å²) in [5.41, 5.74) is -0.151. The zero-order chi connectivity index (χ0) is 14.9. The van der Waals surface area contributed by atoms with E-state index in [-0.39, 0.29) is 5.54 Å². The van der Waals surface area contributed by atoms with Crippen LogP contribution in [0.5, 0.6) is 0 Å². The Labute approximate surface area is 131 Å².